The van der Waals surface area contributed by atoms with Gasteiger partial charge in [-0.25, -0.2) is 9.78 Å². The van der Waals surface area contributed by atoms with Crippen LogP contribution in [-0.4, -0.2) is 71.3 Å². The summed E-state index contributed by atoms with van der Waals surface area (Å²) in [7, 11) is 0. The fraction of sp³-hybridized carbons (Fsp3) is 0.565. The highest BCUT2D eigenvalue weighted by atomic mass is 16.5. The van der Waals surface area contributed by atoms with Crippen LogP contribution in [0.1, 0.15) is 35.0 Å². The first-order valence-corrected chi connectivity index (χ1v) is 10.9. The molecule has 1 aromatic heterocycles. The van der Waals surface area contributed by atoms with Gasteiger partial charge >= 0.3 is 6.03 Å². The molecule has 1 saturated heterocycles. The summed E-state index contributed by atoms with van der Waals surface area (Å²) < 4.78 is 7.59. The van der Waals surface area contributed by atoms with Crippen molar-refractivity contribution in [2.75, 3.05) is 45.9 Å². The van der Waals surface area contributed by atoms with Crippen molar-refractivity contribution in [3.8, 4) is 0 Å². The van der Waals surface area contributed by atoms with Gasteiger partial charge in [-0.2, -0.15) is 0 Å². The molecule has 0 radical (unpaired) electrons. The maximum absolute atomic E-state index is 12.7. The van der Waals surface area contributed by atoms with Crippen LogP contribution in [0.4, 0.5) is 4.79 Å². The van der Waals surface area contributed by atoms with Crippen molar-refractivity contribution < 1.29 is 9.53 Å². The van der Waals surface area contributed by atoms with Crippen LogP contribution in [0.3, 0.4) is 0 Å². The molecule has 3 rings (SSSR count). The number of hydrogen-bond acceptors (Lipinski definition) is 4. The highest BCUT2D eigenvalue weighted by Gasteiger charge is 2.19. The van der Waals surface area contributed by atoms with Gasteiger partial charge in [-0.05, 0) is 44.4 Å². The number of aromatic nitrogens is 2. The molecular weight excluding hydrogens is 378 g/mol. The van der Waals surface area contributed by atoms with E-state index in [-0.39, 0.29) is 6.03 Å². The van der Waals surface area contributed by atoms with E-state index in [1.807, 2.05) is 24.2 Å². The summed E-state index contributed by atoms with van der Waals surface area (Å²) in [4.78, 5) is 21.5. The van der Waals surface area contributed by atoms with E-state index >= 15 is 0 Å². The molecule has 2 amide bonds. The number of nitrogens with zero attached hydrogens (tertiary/aromatic N) is 4. The number of carbonyl (C=O) groups excluding carboxylic acids is 1. The number of benzene rings is 1. The minimum absolute atomic E-state index is 0.0389. The number of aryl methyl sites for hydroxylation is 3. The molecule has 1 fully saturated rings. The van der Waals surface area contributed by atoms with Crippen molar-refractivity contribution in [2.45, 2.75) is 40.8 Å². The zero-order chi connectivity index (χ0) is 21.5. The lowest BCUT2D eigenvalue weighted by atomic mass is 10.00. The molecule has 2 heterocycles. The molecule has 2 aromatic rings. The van der Waals surface area contributed by atoms with E-state index < -0.39 is 0 Å². The first kappa shape index (κ1) is 22.3. The molecule has 164 valence electrons. The number of imidazole rings is 1. The summed E-state index contributed by atoms with van der Waals surface area (Å²) in [6.45, 7) is 15.2. The number of morpholine rings is 1. The maximum Gasteiger partial charge on any atom is 0.317 e. The number of carbonyl (C=O) groups is 1. The van der Waals surface area contributed by atoms with Crippen LogP contribution in [0.2, 0.25) is 0 Å². The van der Waals surface area contributed by atoms with Crippen molar-refractivity contribution in [3.63, 3.8) is 0 Å². The second-order valence-electron chi connectivity index (χ2n) is 8.06. The average molecular weight is 414 g/mol. The minimum atomic E-state index is -0.0389. The second kappa shape index (κ2) is 10.6. The highest BCUT2D eigenvalue weighted by molar-refractivity contribution is 5.74. The molecule has 1 aliphatic rings. The van der Waals surface area contributed by atoms with Crippen molar-refractivity contribution in [1.29, 1.82) is 0 Å². The minimum Gasteiger partial charge on any atom is -0.379 e. The van der Waals surface area contributed by atoms with Crippen molar-refractivity contribution in [2.24, 2.45) is 0 Å². The average Bonchev–Trinajstić information content (AvgIpc) is 3.15. The Balaban J connectivity index is 1.72. The predicted molar refractivity (Wildman–Crippen MR) is 119 cm³/mol. The van der Waals surface area contributed by atoms with Crippen LogP contribution < -0.4 is 5.32 Å². The standard InChI is InChI=1S/C23H35N5O2/c1-5-24-23(29)28(9-8-26-10-12-30-13-11-26)17-22-25-6-7-27(22)16-21-19(3)14-18(2)15-20(21)4/h6-7,14-15H,5,8-13,16-17H2,1-4H3,(H,24,29). The molecule has 0 atom stereocenters. The van der Waals surface area contributed by atoms with Crippen molar-refractivity contribution in [1.82, 2.24) is 24.7 Å². The Morgan fingerprint density at radius 2 is 1.90 bits per heavy atom. The lowest BCUT2D eigenvalue weighted by Gasteiger charge is -2.30. The SMILES string of the molecule is CCNC(=O)N(CCN1CCOCC1)Cc1nccn1Cc1c(C)cc(C)cc1C. The Kier molecular flexibility index (Phi) is 7.87. The number of nitrogens with one attached hydrogen (secondary N) is 1. The molecule has 1 N–H and O–H groups in total. The second-order valence-corrected chi connectivity index (χ2v) is 8.06. The summed E-state index contributed by atoms with van der Waals surface area (Å²) in [5.74, 6) is 0.905. The molecule has 1 aromatic carbocycles. The number of ether oxygens (including phenoxy) is 1. The Morgan fingerprint density at radius 3 is 2.57 bits per heavy atom. The Bertz CT molecular complexity index is 819. The number of rotatable bonds is 8. The maximum atomic E-state index is 12.7. The molecule has 1 aliphatic heterocycles. The molecule has 0 spiro atoms. The molecule has 30 heavy (non-hydrogen) atoms. The quantitative estimate of drug-likeness (QED) is 0.723. The molecule has 7 nitrogen and oxygen atoms in total. The van der Waals surface area contributed by atoms with E-state index in [1.165, 1.54) is 22.3 Å². The topological polar surface area (TPSA) is 62.6 Å². The summed E-state index contributed by atoms with van der Waals surface area (Å²) in [6, 6.07) is 4.41. The van der Waals surface area contributed by atoms with Gasteiger partial charge in [-0.1, -0.05) is 17.7 Å². The monoisotopic (exact) mass is 413 g/mol. The van der Waals surface area contributed by atoms with E-state index in [4.69, 9.17) is 4.74 Å². The summed E-state index contributed by atoms with van der Waals surface area (Å²) >= 11 is 0. The third kappa shape index (κ3) is 5.83. The molecular formula is C23H35N5O2. The Labute approximate surface area is 180 Å². The van der Waals surface area contributed by atoms with E-state index in [1.54, 1.807) is 0 Å². The van der Waals surface area contributed by atoms with Gasteiger partial charge in [0.05, 0.1) is 19.8 Å². The number of amides is 2. The van der Waals surface area contributed by atoms with Crippen LogP contribution in [0, 0.1) is 20.8 Å². The van der Waals surface area contributed by atoms with Crippen LogP contribution >= 0.6 is 0 Å². The van der Waals surface area contributed by atoms with Gasteiger partial charge in [0.25, 0.3) is 0 Å². The zero-order valence-electron chi connectivity index (χ0n) is 18.8. The molecule has 0 unspecified atom stereocenters. The number of hydrogen-bond donors (Lipinski definition) is 1. The third-order valence-electron chi connectivity index (χ3n) is 5.71. The van der Waals surface area contributed by atoms with Crippen molar-refractivity contribution >= 4 is 6.03 Å². The predicted octanol–water partition coefficient (Wildman–Crippen LogP) is 2.72. The van der Waals surface area contributed by atoms with Crippen LogP contribution in [-0.2, 0) is 17.8 Å². The first-order chi connectivity index (χ1) is 14.5. The number of urea groups is 1. The fourth-order valence-electron chi connectivity index (χ4n) is 4.04. The normalized spacial score (nSPS) is 14.7. The molecule has 0 bridgehead atoms. The zero-order valence-corrected chi connectivity index (χ0v) is 18.8. The van der Waals surface area contributed by atoms with Crippen molar-refractivity contribution in [3.05, 3.63) is 52.6 Å². The van der Waals surface area contributed by atoms with E-state index in [9.17, 15) is 4.79 Å². The lowest BCUT2D eigenvalue weighted by molar-refractivity contribution is 0.0345. The Morgan fingerprint density at radius 1 is 1.20 bits per heavy atom. The smallest absolute Gasteiger partial charge is 0.317 e. The van der Waals surface area contributed by atoms with Gasteiger partial charge < -0.3 is 19.5 Å². The van der Waals surface area contributed by atoms with Gasteiger partial charge in [0.2, 0.25) is 0 Å². The summed E-state index contributed by atoms with van der Waals surface area (Å²) in [5, 5.41) is 2.95. The van der Waals surface area contributed by atoms with Crippen LogP contribution in [0.15, 0.2) is 24.5 Å². The fourth-order valence-corrected chi connectivity index (χ4v) is 4.04. The lowest BCUT2D eigenvalue weighted by Crippen LogP contribution is -2.46. The van der Waals surface area contributed by atoms with Crippen LogP contribution in [0.5, 0.6) is 0 Å². The highest BCUT2D eigenvalue weighted by Crippen LogP contribution is 2.19. The van der Waals surface area contributed by atoms with Gasteiger partial charge in [0.15, 0.2) is 0 Å². The summed E-state index contributed by atoms with van der Waals surface area (Å²) in [6.07, 6.45) is 3.83. The largest absolute Gasteiger partial charge is 0.379 e. The third-order valence-corrected chi connectivity index (χ3v) is 5.71. The van der Waals surface area contributed by atoms with Gasteiger partial charge in [0.1, 0.15) is 5.82 Å². The van der Waals surface area contributed by atoms with Gasteiger partial charge in [-0.3, -0.25) is 4.90 Å². The van der Waals surface area contributed by atoms with E-state index in [0.29, 0.717) is 19.6 Å². The molecule has 0 saturated carbocycles. The van der Waals surface area contributed by atoms with E-state index in [0.717, 1.165) is 45.2 Å². The van der Waals surface area contributed by atoms with Gasteiger partial charge in [0, 0.05) is 51.7 Å². The Hall–Kier alpha value is -2.38. The van der Waals surface area contributed by atoms with Crippen LogP contribution in [0.25, 0.3) is 0 Å². The molecule has 0 aliphatic carbocycles. The molecule has 7 heteroatoms. The van der Waals surface area contributed by atoms with E-state index in [2.05, 4.69) is 52.7 Å². The van der Waals surface area contributed by atoms with Gasteiger partial charge in [-0.15, -0.1) is 0 Å². The first-order valence-electron chi connectivity index (χ1n) is 10.9. The summed E-state index contributed by atoms with van der Waals surface area (Å²) in [5.41, 5.74) is 5.18.